The minimum atomic E-state index is -0.450. The maximum atomic E-state index is 12.9. The lowest BCUT2D eigenvalue weighted by Gasteiger charge is -2.23. The molecule has 0 aliphatic carbocycles. The number of aliphatic hydroxyl groups excluding tert-OH is 1. The van der Waals surface area contributed by atoms with Gasteiger partial charge in [-0.1, -0.05) is 6.92 Å². The van der Waals surface area contributed by atoms with Gasteiger partial charge in [-0.15, -0.1) is 0 Å². The van der Waals surface area contributed by atoms with Gasteiger partial charge in [0.05, 0.1) is 6.61 Å². The van der Waals surface area contributed by atoms with Crippen molar-refractivity contribution in [3.8, 4) is 5.75 Å². The first-order valence-corrected chi connectivity index (χ1v) is 5.37. The first-order chi connectivity index (χ1) is 7.58. The molecular formula is C12H18FNO2. The monoisotopic (exact) mass is 227 g/mol. The molecule has 1 rings (SSSR count). The van der Waals surface area contributed by atoms with E-state index in [0.29, 0.717) is 17.7 Å². The highest BCUT2D eigenvalue weighted by atomic mass is 19.1. The van der Waals surface area contributed by atoms with Gasteiger partial charge in [-0.2, -0.15) is 0 Å². The Morgan fingerprint density at radius 1 is 1.50 bits per heavy atom. The van der Waals surface area contributed by atoms with Crippen molar-refractivity contribution in [2.45, 2.75) is 32.4 Å². The third-order valence-electron chi connectivity index (χ3n) is 2.54. The predicted octanol–water partition coefficient (Wildman–Crippen LogP) is 1.61. The molecule has 0 radical (unpaired) electrons. The average Bonchev–Trinajstić information content (AvgIpc) is 2.27. The molecule has 0 fully saturated rings. The Balaban J connectivity index is 2.78. The molecule has 3 N–H and O–H groups in total. The van der Waals surface area contributed by atoms with Crippen LogP contribution in [0.5, 0.6) is 5.75 Å². The van der Waals surface area contributed by atoms with E-state index in [2.05, 4.69) is 0 Å². The standard InChI is InChI=1S/C12H18FNO2/c1-3-10(14)12(7-15)16-11-5-4-9(13)6-8(11)2/h4-6,10,12,15H,3,7,14H2,1-2H3. The van der Waals surface area contributed by atoms with E-state index in [0.717, 1.165) is 0 Å². The Morgan fingerprint density at radius 3 is 2.69 bits per heavy atom. The van der Waals surface area contributed by atoms with E-state index in [9.17, 15) is 4.39 Å². The second kappa shape index (κ2) is 5.82. The summed E-state index contributed by atoms with van der Waals surface area (Å²) in [5.74, 6) is 0.259. The van der Waals surface area contributed by atoms with Crippen LogP contribution in [0, 0.1) is 12.7 Å². The first-order valence-electron chi connectivity index (χ1n) is 5.37. The van der Waals surface area contributed by atoms with Gasteiger partial charge >= 0.3 is 0 Å². The quantitative estimate of drug-likeness (QED) is 0.803. The van der Waals surface area contributed by atoms with Crippen LogP contribution in [-0.2, 0) is 0 Å². The highest BCUT2D eigenvalue weighted by Gasteiger charge is 2.17. The van der Waals surface area contributed by atoms with E-state index >= 15 is 0 Å². The van der Waals surface area contributed by atoms with Crippen molar-refractivity contribution in [1.82, 2.24) is 0 Å². The summed E-state index contributed by atoms with van der Waals surface area (Å²) in [5, 5.41) is 9.16. The van der Waals surface area contributed by atoms with Crippen LogP contribution < -0.4 is 10.5 Å². The Kier molecular flexibility index (Phi) is 4.71. The average molecular weight is 227 g/mol. The highest BCUT2D eigenvalue weighted by Crippen LogP contribution is 2.20. The lowest BCUT2D eigenvalue weighted by molar-refractivity contribution is 0.0926. The van der Waals surface area contributed by atoms with Gasteiger partial charge < -0.3 is 15.6 Å². The number of ether oxygens (including phenoxy) is 1. The summed E-state index contributed by atoms with van der Waals surface area (Å²) in [6.07, 6.45) is 0.264. The van der Waals surface area contributed by atoms with Gasteiger partial charge in [-0.3, -0.25) is 0 Å². The van der Waals surface area contributed by atoms with Crippen LogP contribution in [0.1, 0.15) is 18.9 Å². The molecule has 0 saturated heterocycles. The summed E-state index contributed by atoms with van der Waals surface area (Å²) in [4.78, 5) is 0. The van der Waals surface area contributed by atoms with Crippen molar-refractivity contribution in [3.05, 3.63) is 29.6 Å². The molecular weight excluding hydrogens is 209 g/mol. The Morgan fingerprint density at radius 2 is 2.19 bits per heavy atom. The molecule has 0 heterocycles. The number of halogens is 1. The minimum absolute atomic E-state index is 0.147. The maximum absolute atomic E-state index is 12.9. The third kappa shape index (κ3) is 3.18. The summed E-state index contributed by atoms with van der Waals surface area (Å²) >= 11 is 0. The number of benzene rings is 1. The topological polar surface area (TPSA) is 55.5 Å². The zero-order chi connectivity index (χ0) is 12.1. The van der Waals surface area contributed by atoms with Crippen molar-refractivity contribution in [1.29, 1.82) is 0 Å². The zero-order valence-corrected chi connectivity index (χ0v) is 9.61. The number of aryl methyl sites for hydroxylation is 1. The molecule has 2 atom stereocenters. The molecule has 3 nitrogen and oxygen atoms in total. The van der Waals surface area contributed by atoms with Gasteiger partial charge in [0.1, 0.15) is 17.7 Å². The molecule has 0 aliphatic heterocycles. The molecule has 0 amide bonds. The highest BCUT2D eigenvalue weighted by molar-refractivity contribution is 5.32. The number of nitrogens with two attached hydrogens (primary N) is 1. The minimum Gasteiger partial charge on any atom is -0.486 e. The molecule has 2 unspecified atom stereocenters. The van der Waals surface area contributed by atoms with Gasteiger partial charge in [0.25, 0.3) is 0 Å². The summed E-state index contributed by atoms with van der Waals surface area (Å²) in [7, 11) is 0. The van der Waals surface area contributed by atoms with Crippen LogP contribution in [0.15, 0.2) is 18.2 Å². The molecule has 16 heavy (non-hydrogen) atoms. The van der Waals surface area contributed by atoms with Crippen molar-refractivity contribution in [3.63, 3.8) is 0 Å². The maximum Gasteiger partial charge on any atom is 0.137 e. The van der Waals surface area contributed by atoms with Crippen molar-refractivity contribution in [2.75, 3.05) is 6.61 Å². The molecule has 0 bridgehead atoms. The van der Waals surface area contributed by atoms with Crippen molar-refractivity contribution in [2.24, 2.45) is 5.73 Å². The van der Waals surface area contributed by atoms with E-state index in [1.807, 2.05) is 6.92 Å². The Labute approximate surface area is 95.0 Å². The summed E-state index contributed by atoms with van der Waals surface area (Å²) < 4.78 is 18.4. The SMILES string of the molecule is CCC(N)C(CO)Oc1ccc(F)cc1C. The van der Waals surface area contributed by atoms with Gasteiger partial charge in [0, 0.05) is 6.04 Å². The molecule has 0 saturated carbocycles. The van der Waals surface area contributed by atoms with Crippen LogP contribution in [0.3, 0.4) is 0 Å². The van der Waals surface area contributed by atoms with E-state index in [1.54, 1.807) is 13.0 Å². The first kappa shape index (κ1) is 12.9. The van der Waals surface area contributed by atoms with Crippen LogP contribution in [0.4, 0.5) is 4.39 Å². The Bertz CT molecular complexity index is 344. The molecule has 0 aliphatic rings. The molecule has 4 heteroatoms. The number of rotatable bonds is 5. The molecule has 1 aromatic rings. The number of hydrogen-bond acceptors (Lipinski definition) is 3. The Hall–Kier alpha value is -1.13. The molecule has 0 aromatic heterocycles. The van der Waals surface area contributed by atoms with Gasteiger partial charge in [0.15, 0.2) is 0 Å². The van der Waals surface area contributed by atoms with Crippen LogP contribution in [-0.4, -0.2) is 23.9 Å². The fourth-order valence-corrected chi connectivity index (χ4v) is 1.43. The predicted molar refractivity (Wildman–Crippen MR) is 60.9 cm³/mol. The van der Waals surface area contributed by atoms with E-state index in [1.165, 1.54) is 12.1 Å². The van der Waals surface area contributed by atoms with E-state index in [-0.39, 0.29) is 18.5 Å². The second-order valence-corrected chi connectivity index (χ2v) is 3.82. The lowest BCUT2D eigenvalue weighted by atomic mass is 10.1. The molecule has 90 valence electrons. The third-order valence-corrected chi connectivity index (χ3v) is 2.54. The fourth-order valence-electron chi connectivity index (χ4n) is 1.43. The fraction of sp³-hybridized carbons (Fsp3) is 0.500. The number of aliphatic hydroxyl groups is 1. The van der Waals surface area contributed by atoms with E-state index < -0.39 is 6.10 Å². The summed E-state index contributed by atoms with van der Waals surface area (Å²) in [6, 6.07) is 4.04. The van der Waals surface area contributed by atoms with Crippen molar-refractivity contribution < 1.29 is 14.2 Å². The largest absolute Gasteiger partial charge is 0.486 e. The lowest BCUT2D eigenvalue weighted by Crippen LogP contribution is -2.41. The van der Waals surface area contributed by atoms with Gasteiger partial charge in [0.2, 0.25) is 0 Å². The van der Waals surface area contributed by atoms with Gasteiger partial charge in [-0.05, 0) is 37.1 Å². The number of hydrogen-bond donors (Lipinski definition) is 2. The second-order valence-electron chi connectivity index (χ2n) is 3.82. The zero-order valence-electron chi connectivity index (χ0n) is 9.61. The van der Waals surface area contributed by atoms with E-state index in [4.69, 9.17) is 15.6 Å². The normalized spacial score (nSPS) is 14.6. The van der Waals surface area contributed by atoms with Crippen LogP contribution >= 0.6 is 0 Å². The van der Waals surface area contributed by atoms with Crippen LogP contribution in [0.2, 0.25) is 0 Å². The molecule has 1 aromatic carbocycles. The smallest absolute Gasteiger partial charge is 0.137 e. The van der Waals surface area contributed by atoms with Gasteiger partial charge in [-0.25, -0.2) is 4.39 Å². The van der Waals surface area contributed by atoms with Crippen LogP contribution in [0.25, 0.3) is 0 Å². The summed E-state index contributed by atoms with van der Waals surface area (Å²) in [6.45, 7) is 3.53. The van der Waals surface area contributed by atoms with Crippen molar-refractivity contribution >= 4 is 0 Å². The summed E-state index contributed by atoms with van der Waals surface area (Å²) in [5.41, 5.74) is 6.49. The molecule has 0 spiro atoms.